The standard InChI is InChI=1S/C20H22N4OS2/c1-3-13-6-8-14(9-7-13)21-18(25)16-12-15-17(24-10-4-5-11-24)22-20(26-2)23-19(15)27-16/h6-9,12H,3-5,10-11H2,1-2H3,(H,21,25). The molecule has 7 heteroatoms. The van der Waals surface area contributed by atoms with Gasteiger partial charge in [0.1, 0.15) is 10.6 Å². The number of thioether (sulfide) groups is 1. The number of anilines is 2. The number of fused-ring (bicyclic) bond motifs is 1. The fraction of sp³-hybridized carbons (Fsp3) is 0.350. The molecule has 0 saturated carbocycles. The van der Waals surface area contributed by atoms with Gasteiger partial charge in [0.15, 0.2) is 5.16 Å². The van der Waals surface area contributed by atoms with Crippen molar-refractivity contribution in [2.75, 3.05) is 29.6 Å². The number of nitrogens with one attached hydrogen (secondary N) is 1. The normalized spacial score (nSPS) is 14.1. The maximum Gasteiger partial charge on any atom is 0.265 e. The zero-order valence-corrected chi connectivity index (χ0v) is 17.1. The number of aromatic nitrogens is 2. The lowest BCUT2D eigenvalue weighted by Gasteiger charge is -2.17. The zero-order valence-electron chi connectivity index (χ0n) is 15.5. The number of nitrogens with zero attached hydrogens (tertiary/aromatic N) is 3. The van der Waals surface area contributed by atoms with Crippen LogP contribution in [0, 0.1) is 0 Å². The molecule has 3 heterocycles. The molecule has 1 fully saturated rings. The molecule has 0 bridgehead atoms. The van der Waals surface area contributed by atoms with E-state index in [4.69, 9.17) is 4.98 Å². The van der Waals surface area contributed by atoms with Gasteiger partial charge in [-0.3, -0.25) is 4.79 Å². The minimum Gasteiger partial charge on any atom is -0.356 e. The van der Waals surface area contributed by atoms with Crippen LogP contribution in [-0.4, -0.2) is 35.2 Å². The van der Waals surface area contributed by atoms with E-state index in [2.05, 4.69) is 22.1 Å². The number of thiophene rings is 1. The van der Waals surface area contributed by atoms with Crippen molar-refractivity contribution in [1.82, 2.24) is 9.97 Å². The lowest BCUT2D eigenvalue weighted by molar-refractivity contribution is 0.103. The van der Waals surface area contributed by atoms with Gasteiger partial charge in [0.25, 0.3) is 5.91 Å². The number of aryl methyl sites for hydroxylation is 1. The summed E-state index contributed by atoms with van der Waals surface area (Å²) in [5, 5.41) is 4.73. The summed E-state index contributed by atoms with van der Waals surface area (Å²) < 4.78 is 0. The lowest BCUT2D eigenvalue weighted by Crippen LogP contribution is -2.19. The molecule has 1 saturated heterocycles. The van der Waals surface area contributed by atoms with Crippen LogP contribution in [0.4, 0.5) is 11.5 Å². The molecule has 0 spiro atoms. The van der Waals surface area contributed by atoms with Crippen LogP contribution in [0.25, 0.3) is 10.2 Å². The van der Waals surface area contributed by atoms with Gasteiger partial charge < -0.3 is 10.2 Å². The predicted octanol–water partition coefficient (Wildman–Crippen LogP) is 4.83. The molecule has 1 aliphatic heterocycles. The van der Waals surface area contributed by atoms with E-state index in [0.29, 0.717) is 4.88 Å². The summed E-state index contributed by atoms with van der Waals surface area (Å²) in [6.45, 7) is 4.15. The Bertz CT molecular complexity index is 962. The highest BCUT2D eigenvalue weighted by Crippen LogP contribution is 2.34. The first-order valence-electron chi connectivity index (χ1n) is 9.18. The van der Waals surface area contributed by atoms with Gasteiger partial charge in [-0.25, -0.2) is 9.97 Å². The Morgan fingerprint density at radius 3 is 2.63 bits per heavy atom. The van der Waals surface area contributed by atoms with Crippen molar-refractivity contribution in [3.05, 3.63) is 40.8 Å². The van der Waals surface area contributed by atoms with Crippen LogP contribution in [0.2, 0.25) is 0 Å². The lowest BCUT2D eigenvalue weighted by atomic mass is 10.1. The molecule has 0 radical (unpaired) electrons. The molecule has 4 rings (SSSR count). The topological polar surface area (TPSA) is 58.1 Å². The number of carbonyl (C=O) groups excluding carboxylic acids is 1. The van der Waals surface area contributed by atoms with Gasteiger partial charge in [-0.2, -0.15) is 0 Å². The van der Waals surface area contributed by atoms with Crippen LogP contribution in [0.15, 0.2) is 35.5 Å². The number of benzene rings is 1. The maximum absolute atomic E-state index is 12.8. The number of hydrogen-bond acceptors (Lipinski definition) is 6. The summed E-state index contributed by atoms with van der Waals surface area (Å²) in [6.07, 6.45) is 5.34. The molecular formula is C20H22N4OS2. The van der Waals surface area contributed by atoms with Crippen LogP contribution < -0.4 is 10.2 Å². The van der Waals surface area contributed by atoms with E-state index in [1.807, 2.05) is 36.6 Å². The van der Waals surface area contributed by atoms with Crippen molar-refractivity contribution < 1.29 is 4.79 Å². The van der Waals surface area contributed by atoms with Crippen molar-refractivity contribution in [3.8, 4) is 0 Å². The summed E-state index contributed by atoms with van der Waals surface area (Å²) in [6, 6.07) is 9.93. The molecule has 0 unspecified atom stereocenters. The number of amides is 1. The average Bonchev–Trinajstić information content (AvgIpc) is 3.37. The van der Waals surface area contributed by atoms with Gasteiger partial charge in [0, 0.05) is 18.8 Å². The zero-order chi connectivity index (χ0) is 18.8. The SMILES string of the molecule is CCc1ccc(NC(=O)c2cc3c(N4CCCC4)nc(SC)nc3s2)cc1. The number of rotatable bonds is 5. The van der Waals surface area contributed by atoms with Crippen molar-refractivity contribution in [3.63, 3.8) is 0 Å². The van der Waals surface area contributed by atoms with Crippen molar-refractivity contribution in [1.29, 1.82) is 0 Å². The first-order chi connectivity index (χ1) is 13.2. The van der Waals surface area contributed by atoms with E-state index in [-0.39, 0.29) is 5.91 Å². The molecule has 0 atom stereocenters. The second-order valence-corrected chi connectivity index (χ2v) is 8.37. The molecule has 1 aliphatic rings. The number of carbonyl (C=O) groups is 1. The van der Waals surface area contributed by atoms with Gasteiger partial charge in [-0.1, -0.05) is 30.8 Å². The van der Waals surface area contributed by atoms with E-state index in [0.717, 1.165) is 46.4 Å². The Morgan fingerprint density at radius 1 is 1.22 bits per heavy atom. The fourth-order valence-electron chi connectivity index (χ4n) is 3.28. The quantitative estimate of drug-likeness (QED) is 0.493. The maximum atomic E-state index is 12.8. The third-order valence-corrected chi connectivity index (χ3v) is 6.36. The molecule has 140 valence electrons. The largest absolute Gasteiger partial charge is 0.356 e. The highest BCUT2D eigenvalue weighted by atomic mass is 32.2. The summed E-state index contributed by atoms with van der Waals surface area (Å²) in [5.74, 6) is 0.866. The monoisotopic (exact) mass is 398 g/mol. The summed E-state index contributed by atoms with van der Waals surface area (Å²) >= 11 is 2.97. The Hall–Kier alpha value is -2.12. The highest BCUT2D eigenvalue weighted by molar-refractivity contribution is 7.98. The van der Waals surface area contributed by atoms with Gasteiger partial charge in [0.05, 0.1) is 10.3 Å². The predicted molar refractivity (Wildman–Crippen MR) is 114 cm³/mol. The van der Waals surface area contributed by atoms with E-state index in [9.17, 15) is 4.79 Å². The van der Waals surface area contributed by atoms with Crippen LogP contribution >= 0.6 is 23.1 Å². The van der Waals surface area contributed by atoms with E-state index in [1.54, 1.807) is 0 Å². The van der Waals surface area contributed by atoms with Crippen molar-refractivity contribution >= 4 is 50.7 Å². The van der Waals surface area contributed by atoms with Gasteiger partial charge in [-0.15, -0.1) is 11.3 Å². The molecule has 1 aromatic carbocycles. The second-order valence-electron chi connectivity index (χ2n) is 6.56. The third kappa shape index (κ3) is 3.80. The molecule has 1 N–H and O–H groups in total. The van der Waals surface area contributed by atoms with Crippen LogP contribution in [0.5, 0.6) is 0 Å². The first kappa shape index (κ1) is 18.3. The van der Waals surface area contributed by atoms with Crippen molar-refractivity contribution in [2.45, 2.75) is 31.3 Å². The third-order valence-electron chi connectivity index (χ3n) is 4.78. The van der Waals surface area contributed by atoms with Crippen LogP contribution in [0.1, 0.15) is 35.0 Å². The Balaban J connectivity index is 1.65. The van der Waals surface area contributed by atoms with Crippen LogP contribution in [-0.2, 0) is 6.42 Å². The minimum atomic E-state index is -0.0969. The fourth-order valence-corrected chi connectivity index (χ4v) is 4.62. The van der Waals surface area contributed by atoms with Gasteiger partial charge >= 0.3 is 0 Å². The van der Waals surface area contributed by atoms with E-state index in [1.165, 1.54) is 41.5 Å². The van der Waals surface area contributed by atoms with Crippen LogP contribution in [0.3, 0.4) is 0 Å². The summed E-state index contributed by atoms with van der Waals surface area (Å²) in [5.41, 5.74) is 2.07. The first-order valence-corrected chi connectivity index (χ1v) is 11.2. The van der Waals surface area contributed by atoms with E-state index < -0.39 is 0 Å². The molecule has 3 aromatic rings. The molecule has 0 aliphatic carbocycles. The molecular weight excluding hydrogens is 376 g/mol. The minimum absolute atomic E-state index is 0.0969. The average molecular weight is 399 g/mol. The second kappa shape index (κ2) is 7.86. The summed E-state index contributed by atoms with van der Waals surface area (Å²) in [4.78, 5) is 26.0. The molecule has 5 nitrogen and oxygen atoms in total. The summed E-state index contributed by atoms with van der Waals surface area (Å²) in [7, 11) is 0. The Labute approximate surface area is 167 Å². The Kier molecular flexibility index (Phi) is 5.31. The molecule has 1 amide bonds. The highest BCUT2D eigenvalue weighted by Gasteiger charge is 2.21. The van der Waals surface area contributed by atoms with Crippen molar-refractivity contribution in [2.24, 2.45) is 0 Å². The molecule has 27 heavy (non-hydrogen) atoms. The molecule has 2 aromatic heterocycles. The Morgan fingerprint density at radius 2 is 1.96 bits per heavy atom. The van der Waals surface area contributed by atoms with Gasteiger partial charge in [0.2, 0.25) is 0 Å². The smallest absolute Gasteiger partial charge is 0.265 e. The number of hydrogen-bond donors (Lipinski definition) is 1. The van der Waals surface area contributed by atoms with E-state index >= 15 is 0 Å². The van der Waals surface area contributed by atoms with Gasteiger partial charge in [-0.05, 0) is 49.3 Å².